The van der Waals surface area contributed by atoms with E-state index in [1.807, 2.05) is 6.07 Å². The van der Waals surface area contributed by atoms with Crippen LogP contribution in [-0.2, 0) is 11.2 Å². The Bertz CT molecular complexity index is 342. The number of piperidine rings is 1. The number of likely N-dealkylation sites (tertiary alicyclic amines) is 1. The second-order valence-electron chi connectivity index (χ2n) is 4.87. The molecule has 1 saturated heterocycles. The largest absolute Gasteiger partial charge is 0.393 e. The molecule has 1 aromatic rings. The molecule has 3 nitrogen and oxygen atoms in total. The molecule has 0 saturated carbocycles. The van der Waals surface area contributed by atoms with Crippen LogP contribution in [0, 0.1) is 0 Å². The van der Waals surface area contributed by atoms with Crippen LogP contribution in [-0.4, -0.2) is 42.0 Å². The van der Waals surface area contributed by atoms with Gasteiger partial charge in [-0.25, -0.2) is 0 Å². The van der Waals surface area contributed by atoms with Gasteiger partial charge in [0.1, 0.15) is 6.23 Å². The maximum Gasteiger partial charge on any atom is 0.113 e. The first-order valence-corrected chi connectivity index (χ1v) is 6.87. The van der Waals surface area contributed by atoms with Crippen molar-refractivity contribution in [2.75, 3.05) is 19.7 Å². The monoisotopic (exact) mass is 249 g/mol. The second kappa shape index (κ2) is 6.88. The molecule has 0 radical (unpaired) electrons. The van der Waals surface area contributed by atoms with Gasteiger partial charge >= 0.3 is 0 Å². The van der Waals surface area contributed by atoms with Crippen LogP contribution in [0.1, 0.15) is 25.3 Å². The number of ether oxygens (including phenoxy) is 1. The number of nitrogens with zero attached hydrogens (tertiary/aromatic N) is 1. The van der Waals surface area contributed by atoms with Crippen LogP contribution >= 0.6 is 0 Å². The molecule has 0 aromatic heterocycles. The van der Waals surface area contributed by atoms with Crippen molar-refractivity contribution in [3.63, 3.8) is 0 Å². The Hall–Kier alpha value is -0.900. The van der Waals surface area contributed by atoms with Crippen LogP contribution in [0.15, 0.2) is 30.3 Å². The van der Waals surface area contributed by atoms with E-state index in [2.05, 4.69) is 36.1 Å². The minimum atomic E-state index is -0.200. The number of aliphatic hydroxyl groups excluding tert-OH is 1. The van der Waals surface area contributed by atoms with E-state index in [1.165, 1.54) is 5.56 Å². The fraction of sp³-hybridized carbons (Fsp3) is 0.600. The predicted molar refractivity (Wildman–Crippen MR) is 72.4 cm³/mol. The third-order valence-corrected chi connectivity index (χ3v) is 3.58. The van der Waals surface area contributed by atoms with Gasteiger partial charge in [0.2, 0.25) is 0 Å². The van der Waals surface area contributed by atoms with Gasteiger partial charge in [0, 0.05) is 13.0 Å². The SMILES string of the molecule is CCN1CCC(O)CC1OCCc1ccccc1. The van der Waals surface area contributed by atoms with E-state index in [0.29, 0.717) is 0 Å². The predicted octanol–water partition coefficient (Wildman–Crippen LogP) is 2.05. The molecule has 0 aliphatic carbocycles. The van der Waals surface area contributed by atoms with Crippen molar-refractivity contribution in [3.8, 4) is 0 Å². The van der Waals surface area contributed by atoms with Gasteiger partial charge in [-0.3, -0.25) is 4.90 Å². The van der Waals surface area contributed by atoms with E-state index >= 15 is 0 Å². The summed E-state index contributed by atoms with van der Waals surface area (Å²) in [6.07, 6.45) is 2.43. The number of hydrogen-bond donors (Lipinski definition) is 1. The molecule has 0 spiro atoms. The van der Waals surface area contributed by atoms with Crippen molar-refractivity contribution in [1.82, 2.24) is 4.90 Å². The molecule has 1 heterocycles. The number of benzene rings is 1. The first kappa shape index (κ1) is 13.5. The maximum absolute atomic E-state index is 9.70. The fourth-order valence-electron chi connectivity index (χ4n) is 2.45. The summed E-state index contributed by atoms with van der Waals surface area (Å²) in [4.78, 5) is 2.30. The van der Waals surface area contributed by atoms with E-state index in [1.54, 1.807) is 0 Å². The van der Waals surface area contributed by atoms with Crippen LogP contribution in [0.2, 0.25) is 0 Å². The lowest BCUT2D eigenvalue weighted by atomic mass is 10.1. The van der Waals surface area contributed by atoms with Gasteiger partial charge in [-0.05, 0) is 24.9 Å². The Kier molecular flexibility index (Phi) is 5.17. The Morgan fingerprint density at radius 1 is 1.33 bits per heavy atom. The standard InChI is InChI=1S/C15H23NO2/c1-2-16-10-8-14(17)12-15(16)18-11-9-13-6-4-3-5-7-13/h3-7,14-15,17H,2,8-12H2,1H3. The summed E-state index contributed by atoms with van der Waals surface area (Å²) in [7, 11) is 0. The normalized spacial score (nSPS) is 25.2. The van der Waals surface area contributed by atoms with Gasteiger partial charge in [-0.15, -0.1) is 0 Å². The van der Waals surface area contributed by atoms with E-state index in [9.17, 15) is 5.11 Å². The molecule has 2 unspecified atom stereocenters. The molecule has 2 rings (SSSR count). The number of rotatable bonds is 5. The smallest absolute Gasteiger partial charge is 0.113 e. The number of aliphatic hydroxyl groups is 1. The van der Waals surface area contributed by atoms with E-state index < -0.39 is 0 Å². The topological polar surface area (TPSA) is 32.7 Å². The Labute approximate surface area is 109 Å². The van der Waals surface area contributed by atoms with Gasteiger partial charge in [0.25, 0.3) is 0 Å². The molecule has 1 aliphatic heterocycles. The molecular weight excluding hydrogens is 226 g/mol. The summed E-state index contributed by atoms with van der Waals surface area (Å²) < 4.78 is 5.93. The van der Waals surface area contributed by atoms with Crippen molar-refractivity contribution >= 4 is 0 Å². The molecule has 100 valence electrons. The van der Waals surface area contributed by atoms with Crippen LogP contribution in [0.3, 0.4) is 0 Å². The second-order valence-corrected chi connectivity index (χ2v) is 4.87. The fourth-order valence-corrected chi connectivity index (χ4v) is 2.45. The molecule has 18 heavy (non-hydrogen) atoms. The highest BCUT2D eigenvalue weighted by Gasteiger charge is 2.26. The highest BCUT2D eigenvalue weighted by Crippen LogP contribution is 2.18. The molecule has 1 fully saturated rings. The molecule has 0 bridgehead atoms. The highest BCUT2D eigenvalue weighted by atomic mass is 16.5. The third-order valence-electron chi connectivity index (χ3n) is 3.58. The van der Waals surface area contributed by atoms with Crippen molar-refractivity contribution < 1.29 is 9.84 Å². The van der Waals surface area contributed by atoms with Gasteiger partial charge < -0.3 is 9.84 Å². The molecular formula is C15H23NO2. The lowest BCUT2D eigenvalue weighted by Gasteiger charge is -2.36. The first-order valence-electron chi connectivity index (χ1n) is 6.87. The van der Waals surface area contributed by atoms with E-state index in [0.717, 1.165) is 39.0 Å². The molecule has 1 aliphatic rings. The van der Waals surface area contributed by atoms with Crippen LogP contribution in [0.25, 0.3) is 0 Å². The Balaban J connectivity index is 1.77. The van der Waals surface area contributed by atoms with Crippen molar-refractivity contribution in [2.24, 2.45) is 0 Å². The molecule has 3 heteroatoms. The van der Waals surface area contributed by atoms with E-state index in [-0.39, 0.29) is 12.3 Å². The van der Waals surface area contributed by atoms with E-state index in [4.69, 9.17) is 4.74 Å². The molecule has 1 aromatic carbocycles. The summed E-state index contributed by atoms with van der Waals surface area (Å²) in [5, 5.41) is 9.70. The minimum absolute atomic E-state index is 0.0856. The van der Waals surface area contributed by atoms with Crippen molar-refractivity contribution in [3.05, 3.63) is 35.9 Å². The summed E-state index contributed by atoms with van der Waals surface area (Å²) in [5.74, 6) is 0. The zero-order chi connectivity index (χ0) is 12.8. The average Bonchev–Trinajstić information content (AvgIpc) is 2.40. The zero-order valence-corrected chi connectivity index (χ0v) is 11.1. The van der Waals surface area contributed by atoms with Crippen molar-refractivity contribution in [1.29, 1.82) is 0 Å². The average molecular weight is 249 g/mol. The highest BCUT2D eigenvalue weighted by molar-refractivity contribution is 5.14. The third kappa shape index (κ3) is 3.80. The molecule has 1 N–H and O–H groups in total. The molecule has 2 atom stereocenters. The van der Waals surface area contributed by atoms with Crippen LogP contribution in [0.4, 0.5) is 0 Å². The quantitative estimate of drug-likeness (QED) is 0.867. The molecule has 0 amide bonds. The summed E-state index contributed by atoms with van der Waals surface area (Å²) in [6, 6.07) is 10.4. The first-order chi connectivity index (χ1) is 8.79. The summed E-state index contributed by atoms with van der Waals surface area (Å²) >= 11 is 0. The lowest BCUT2D eigenvalue weighted by molar-refractivity contribution is -0.106. The van der Waals surface area contributed by atoms with Gasteiger partial charge in [0.15, 0.2) is 0 Å². The van der Waals surface area contributed by atoms with Crippen molar-refractivity contribution in [2.45, 2.75) is 38.5 Å². The summed E-state index contributed by atoms with van der Waals surface area (Å²) in [5.41, 5.74) is 1.30. The van der Waals surface area contributed by atoms with Crippen LogP contribution in [0.5, 0.6) is 0 Å². The maximum atomic E-state index is 9.70. The summed E-state index contributed by atoms with van der Waals surface area (Å²) in [6.45, 7) is 4.79. The van der Waals surface area contributed by atoms with Crippen LogP contribution < -0.4 is 0 Å². The minimum Gasteiger partial charge on any atom is -0.393 e. The van der Waals surface area contributed by atoms with Gasteiger partial charge in [0.05, 0.1) is 12.7 Å². The number of hydrogen-bond acceptors (Lipinski definition) is 3. The zero-order valence-electron chi connectivity index (χ0n) is 11.1. The lowest BCUT2D eigenvalue weighted by Crippen LogP contribution is -2.45. The van der Waals surface area contributed by atoms with Gasteiger partial charge in [-0.1, -0.05) is 37.3 Å². The Morgan fingerprint density at radius 2 is 2.11 bits per heavy atom. The Morgan fingerprint density at radius 3 is 2.83 bits per heavy atom. The van der Waals surface area contributed by atoms with Gasteiger partial charge in [-0.2, -0.15) is 0 Å².